The summed E-state index contributed by atoms with van der Waals surface area (Å²) < 4.78 is 5.59. The molecule has 0 spiro atoms. The molecule has 0 aliphatic carbocycles. The molecule has 7 heteroatoms. The molecule has 0 radical (unpaired) electrons. The Bertz CT molecular complexity index is 912. The van der Waals surface area contributed by atoms with Gasteiger partial charge in [0.25, 0.3) is 0 Å². The first-order chi connectivity index (χ1) is 15.2. The quantitative estimate of drug-likeness (QED) is 0.718. The zero-order chi connectivity index (χ0) is 23.3. The van der Waals surface area contributed by atoms with Crippen molar-refractivity contribution >= 4 is 23.6 Å². The Morgan fingerprint density at radius 2 is 1.69 bits per heavy atom. The van der Waals surface area contributed by atoms with Gasteiger partial charge in [-0.25, -0.2) is 4.79 Å². The van der Waals surface area contributed by atoms with Crippen LogP contribution in [-0.2, 0) is 9.53 Å². The van der Waals surface area contributed by atoms with E-state index in [1.165, 1.54) is 0 Å². The number of rotatable bonds is 5. The van der Waals surface area contributed by atoms with Crippen LogP contribution in [0.1, 0.15) is 44.4 Å². The second-order valence-electron chi connectivity index (χ2n) is 9.06. The zero-order valence-electron chi connectivity index (χ0n) is 19.2. The van der Waals surface area contributed by atoms with Gasteiger partial charge in [0.05, 0.1) is 6.04 Å². The van der Waals surface area contributed by atoms with Gasteiger partial charge in [-0.3, -0.25) is 9.69 Å². The molecule has 32 heavy (non-hydrogen) atoms. The number of benzene rings is 2. The molecule has 6 nitrogen and oxygen atoms in total. The largest absolute Gasteiger partial charge is 0.444 e. The van der Waals surface area contributed by atoms with Gasteiger partial charge >= 0.3 is 6.09 Å². The van der Waals surface area contributed by atoms with E-state index in [2.05, 4.69) is 22.3 Å². The third kappa shape index (κ3) is 6.24. The molecule has 1 heterocycles. The summed E-state index contributed by atoms with van der Waals surface area (Å²) in [5, 5.41) is 3.40. The van der Waals surface area contributed by atoms with Gasteiger partial charge in [0.2, 0.25) is 5.91 Å². The molecule has 0 aromatic heterocycles. The van der Waals surface area contributed by atoms with Crippen LogP contribution in [0, 0.1) is 0 Å². The number of halogens is 1. The lowest BCUT2D eigenvalue weighted by Gasteiger charge is -2.45. The predicted molar refractivity (Wildman–Crippen MR) is 127 cm³/mol. The molecule has 0 bridgehead atoms. The third-order valence-electron chi connectivity index (χ3n) is 5.51. The molecular weight excluding hydrogens is 426 g/mol. The van der Waals surface area contributed by atoms with Crippen molar-refractivity contribution in [2.75, 3.05) is 26.7 Å². The van der Waals surface area contributed by atoms with E-state index in [-0.39, 0.29) is 30.5 Å². The zero-order valence-corrected chi connectivity index (χ0v) is 19.9. The Balaban J connectivity index is 1.94. The van der Waals surface area contributed by atoms with Crippen molar-refractivity contribution in [3.05, 3.63) is 70.7 Å². The lowest BCUT2D eigenvalue weighted by atomic mass is 9.93. The highest BCUT2D eigenvalue weighted by atomic mass is 35.5. The van der Waals surface area contributed by atoms with Gasteiger partial charge in [-0.05, 0) is 44.0 Å². The van der Waals surface area contributed by atoms with Crippen LogP contribution in [0.2, 0.25) is 5.02 Å². The van der Waals surface area contributed by atoms with Crippen LogP contribution in [0.5, 0.6) is 0 Å². The highest BCUT2D eigenvalue weighted by Gasteiger charge is 2.37. The van der Waals surface area contributed by atoms with Crippen LogP contribution >= 0.6 is 11.6 Å². The molecule has 1 aliphatic heterocycles. The molecule has 1 unspecified atom stereocenters. The molecule has 3 rings (SSSR count). The Hall–Kier alpha value is -2.57. The van der Waals surface area contributed by atoms with Crippen LogP contribution in [0.4, 0.5) is 4.79 Å². The average molecular weight is 458 g/mol. The molecule has 1 fully saturated rings. The standard InChI is InChI=1S/C25H32ClN3O3/c1-25(2,3)32-24(31)28-14-15-29(21(17-28)16-22(30)27-4)23(18-8-6-5-7-9-18)19-10-12-20(26)13-11-19/h5-13,21,23H,14-17H2,1-4H3,(H,27,30)/t21-,23?/m1/s1. The van der Waals surface area contributed by atoms with Gasteiger partial charge in [0, 0.05) is 44.2 Å². The fourth-order valence-electron chi connectivity index (χ4n) is 4.06. The van der Waals surface area contributed by atoms with Crippen molar-refractivity contribution in [3.8, 4) is 0 Å². The second-order valence-corrected chi connectivity index (χ2v) is 9.50. The number of hydrogen-bond acceptors (Lipinski definition) is 4. The van der Waals surface area contributed by atoms with E-state index in [9.17, 15) is 9.59 Å². The lowest BCUT2D eigenvalue weighted by Crippen LogP contribution is -2.57. The summed E-state index contributed by atoms with van der Waals surface area (Å²) in [5.41, 5.74) is 1.65. The van der Waals surface area contributed by atoms with Crippen LogP contribution in [0.25, 0.3) is 0 Å². The van der Waals surface area contributed by atoms with Gasteiger partial charge in [-0.15, -0.1) is 0 Å². The van der Waals surface area contributed by atoms with Crippen molar-refractivity contribution in [2.45, 2.75) is 44.9 Å². The summed E-state index contributed by atoms with van der Waals surface area (Å²) in [6, 6.07) is 17.8. The average Bonchev–Trinajstić information content (AvgIpc) is 2.75. The molecule has 1 saturated heterocycles. The van der Waals surface area contributed by atoms with E-state index in [0.29, 0.717) is 24.7 Å². The maximum absolute atomic E-state index is 12.7. The second kappa shape index (κ2) is 10.4. The molecule has 2 amide bonds. The number of ether oxygens (including phenoxy) is 1. The summed E-state index contributed by atoms with van der Waals surface area (Å²) in [6.07, 6.45) is -0.0611. The minimum absolute atomic E-state index is 0.0612. The van der Waals surface area contributed by atoms with Crippen molar-refractivity contribution in [1.82, 2.24) is 15.1 Å². The summed E-state index contributed by atoms with van der Waals surface area (Å²) >= 11 is 6.15. The van der Waals surface area contributed by atoms with Crippen molar-refractivity contribution < 1.29 is 14.3 Å². The highest BCUT2D eigenvalue weighted by Crippen LogP contribution is 2.33. The number of carbonyl (C=O) groups excluding carboxylic acids is 2. The van der Waals surface area contributed by atoms with E-state index < -0.39 is 5.60 Å². The van der Waals surface area contributed by atoms with Crippen LogP contribution in [0.15, 0.2) is 54.6 Å². The minimum atomic E-state index is -0.569. The fourth-order valence-corrected chi connectivity index (χ4v) is 4.18. The van der Waals surface area contributed by atoms with E-state index in [1.807, 2.05) is 63.2 Å². The van der Waals surface area contributed by atoms with E-state index in [0.717, 1.165) is 11.1 Å². The molecule has 0 saturated carbocycles. The van der Waals surface area contributed by atoms with E-state index in [4.69, 9.17) is 16.3 Å². The minimum Gasteiger partial charge on any atom is -0.444 e. The highest BCUT2D eigenvalue weighted by molar-refractivity contribution is 6.30. The lowest BCUT2D eigenvalue weighted by molar-refractivity contribution is -0.122. The van der Waals surface area contributed by atoms with Crippen LogP contribution in [-0.4, -0.2) is 60.1 Å². The van der Waals surface area contributed by atoms with Gasteiger partial charge in [-0.1, -0.05) is 54.1 Å². The smallest absolute Gasteiger partial charge is 0.410 e. The molecule has 2 aromatic rings. The first kappa shape index (κ1) is 24.1. The normalized spacial score (nSPS) is 18.2. The van der Waals surface area contributed by atoms with Gasteiger partial charge < -0.3 is 15.0 Å². The molecule has 2 aromatic carbocycles. The maximum atomic E-state index is 12.7. The topological polar surface area (TPSA) is 61.9 Å². The SMILES string of the molecule is CNC(=O)C[C@@H]1CN(C(=O)OC(C)(C)C)CCN1C(c1ccccc1)c1ccc(Cl)cc1. The van der Waals surface area contributed by atoms with Gasteiger partial charge in [0.15, 0.2) is 0 Å². The van der Waals surface area contributed by atoms with E-state index in [1.54, 1.807) is 11.9 Å². The van der Waals surface area contributed by atoms with Gasteiger partial charge in [-0.2, -0.15) is 0 Å². The summed E-state index contributed by atoms with van der Waals surface area (Å²) in [7, 11) is 1.63. The number of nitrogens with one attached hydrogen (secondary N) is 1. The molecular formula is C25H32ClN3O3. The summed E-state index contributed by atoms with van der Waals surface area (Å²) in [4.78, 5) is 29.1. The maximum Gasteiger partial charge on any atom is 0.410 e. The number of amides is 2. The van der Waals surface area contributed by atoms with Crippen LogP contribution < -0.4 is 5.32 Å². The first-order valence-electron chi connectivity index (χ1n) is 10.9. The van der Waals surface area contributed by atoms with Crippen LogP contribution in [0.3, 0.4) is 0 Å². The molecule has 1 aliphatic rings. The van der Waals surface area contributed by atoms with Crippen molar-refractivity contribution in [3.63, 3.8) is 0 Å². The molecule has 172 valence electrons. The monoisotopic (exact) mass is 457 g/mol. The van der Waals surface area contributed by atoms with Gasteiger partial charge in [0.1, 0.15) is 5.60 Å². The third-order valence-corrected chi connectivity index (χ3v) is 5.76. The van der Waals surface area contributed by atoms with E-state index >= 15 is 0 Å². The fraction of sp³-hybridized carbons (Fsp3) is 0.440. The number of hydrogen-bond donors (Lipinski definition) is 1. The number of nitrogens with zero attached hydrogens (tertiary/aromatic N) is 2. The number of carbonyl (C=O) groups is 2. The Morgan fingerprint density at radius 1 is 1.06 bits per heavy atom. The predicted octanol–water partition coefficient (Wildman–Crippen LogP) is 4.49. The Morgan fingerprint density at radius 3 is 2.28 bits per heavy atom. The summed E-state index contributed by atoms with van der Waals surface area (Å²) in [6.45, 7) is 7.12. The van der Waals surface area contributed by atoms with Crippen molar-refractivity contribution in [2.24, 2.45) is 0 Å². The molecule has 2 atom stereocenters. The first-order valence-corrected chi connectivity index (χ1v) is 11.3. The summed E-state index contributed by atoms with van der Waals surface area (Å²) in [5.74, 6) is -0.0612. The molecule has 1 N–H and O–H groups in total. The Kier molecular flexibility index (Phi) is 7.80. The number of piperazine rings is 1. The Labute approximate surface area is 195 Å². The van der Waals surface area contributed by atoms with Crippen molar-refractivity contribution in [1.29, 1.82) is 0 Å².